The largest absolute Gasteiger partial charge is 0.483 e. The topological polar surface area (TPSA) is 77.2 Å². The molecule has 0 spiro atoms. The van der Waals surface area contributed by atoms with Gasteiger partial charge in [0.2, 0.25) is 11.7 Å². The van der Waals surface area contributed by atoms with Crippen LogP contribution < -0.4 is 10.1 Å². The van der Waals surface area contributed by atoms with Crippen molar-refractivity contribution in [2.24, 2.45) is 0 Å². The summed E-state index contributed by atoms with van der Waals surface area (Å²) in [5.41, 5.74) is 3.09. The fraction of sp³-hybridized carbons (Fsp3) is 0.211. The minimum atomic E-state index is -0.271. The van der Waals surface area contributed by atoms with Gasteiger partial charge >= 0.3 is 0 Å². The molecule has 0 bridgehead atoms. The quantitative estimate of drug-likeness (QED) is 0.661. The second kappa shape index (κ2) is 8.14. The molecule has 0 fully saturated rings. The SMILES string of the molecule is Cc1cccc(-c2noc(CNC(=O)COc3ccc(C)cc3Br)n2)c1. The molecule has 0 aliphatic carbocycles. The van der Waals surface area contributed by atoms with E-state index in [-0.39, 0.29) is 19.1 Å². The number of hydrogen-bond acceptors (Lipinski definition) is 5. The molecule has 0 radical (unpaired) electrons. The molecule has 0 saturated carbocycles. The van der Waals surface area contributed by atoms with Gasteiger partial charge in [-0.25, -0.2) is 0 Å². The van der Waals surface area contributed by atoms with E-state index in [4.69, 9.17) is 9.26 Å². The number of nitrogens with zero attached hydrogens (tertiary/aromatic N) is 2. The molecule has 3 rings (SSSR count). The Bertz CT molecular complexity index is 924. The molecule has 0 aliphatic heterocycles. The van der Waals surface area contributed by atoms with Gasteiger partial charge in [-0.3, -0.25) is 4.79 Å². The second-order valence-electron chi connectivity index (χ2n) is 5.88. The Morgan fingerprint density at radius 3 is 2.77 bits per heavy atom. The van der Waals surface area contributed by atoms with Gasteiger partial charge in [-0.15, -0.1) is 0 Å². The van der Waals surface area contributed by atoms with Gasteiger partial charge in [0.25, 0.3) is 5.91 Å². The van der Waals surface area contributed by atoms with Crippen molar-refractivity contribution in [3.63, 3.8) is 0 Å². The van der Waals surface area contributed by atoms with Crippen LogP contribution in [0.25, 0.3) is 11.4 Å². The highest BCUT2D eigenvalue weighted by Crippen LogP contribution is 2.25. The van der Waals surface area contributed by atoms with Crippen molar-refractivity contribution in [1.82, 2.24) is 15.5 Å². The molecule has 0 unspecified atom stereocenters. The highest BCUT2D eigenvalue weighted by Gasteiger charge is 2.11. The maximum Gasteiger partial charge on any atom is 0.258 e. The van der Waals surface area contributed by atoms with E-state index < -0.39 is 0 Å². The van der Waals surface area contributed by atoms with Crippen molar-refractivity contribution in [1.29, 1.82) is 0 Å². The Balaban J connectivity index is 1.52. The van der Waals surface area contributed by atoms with Gasteiger partial charge in [-0.05, 0) is 53.5 Å². The van der Waals surface area contributed by atoms with Crippen LogP contribution in [0.5, 0.6) is 5.75 Å². The van der Waals surface area contributed by atoms with Crippen LogP contribution in [-0.4, -0.2) is 22.7 Å². The highest BCUT2D eigenvalue weighted by molar-refractivity contribution is 9.10. The summed E-state index contributed by atoms with van der Waals surface area (Å²) < 4.78 is 11.5. The number of ether oxygens (including phenoxy) is 1. The lowest BCUT2D eigenvalue weighted by Crippen LogP contribution is -2.28. The summed E-state index contributed by atoms with van der Waals surface area (Å²) in [5, 5.41) is 6.64. The average Bonchev–Trinajstić information content (AvgIpc) is 3.08. The van der Waals surface area contributed by atoms with Crippen molar-refractivity contribution < 1.29 is 14.1 Å². The van der Waals surface area contributed by atoms with Crippen LogP contribution >= 0.6 is 15.9 Å². The van der Waals surface area contributed by atoms with E-state index in [1.54, 1.807) is 0 Å². The van der Waals surface area contributed by atoms with Gasteiger partial charge in [0, 0.05) is 5.56 Å². The number of rotatable bonds is 6. The van der Waals surface area contributed by atoms with E-state index in [1.165, 1.54) is 0 Å². The summed E-state index contributed by atoms with van der Waals surface area (Å²) >= 11 is 3.41. The molecular formula is C19H18BrN3O3. The van der Waals surface area contributed by atoms with Crippen LogP contribution in [0, 0.1) is 13.8 Å². The first-order chi connectivity index (χ1) is 12.5. The molecule has 6 nitrogen and oxygen atoms in total. The van der Waals surface area contributed by atoms with E-state index in [1.807, 2.05) is 56.3 Å². The summed E-state index contributed by atoms with van der Waals surface area (Å²) in [5.74, 6) is 1.18. The molecule has 2 aromatic carbocycles. The zero-order valence-electron chi connectivity index (χ0n) is 14.5. The average molecular weight is 416 g/mol. The maximum atomic E-state index is 11.9. The highest BCUT2D eigenvalue weighted by atomic mass is 79.9. The zero-order valence-corrected chi connectivity index (χ0v) is 16.0. The summed E-state index contributed by atoms with van der Waals surface area (Å²) in [4.78, 5) is 16.2. The van der Waals surface area contributed by atoms with E-state index in [0.717, 1.165) is 21.2 Å². The van der Waals surface area contributed by atoms with Gasteiger partial charge in [0.15, 0.2) is 6.61 Å². The van der Waals surface area contributed by atoms with Crippen molar-refractivity contribution >= 4 is 21.8 Å². The fourth-order valence-corrected chi connectivity index (χ4v) is 2.93. The Morgan fingerprint density at radius 1 is 1.19 bits per heavy atom. The fourth-order valence-electron chi connectivity index (χ4n) is 2.32. The molecule has 0 atom stereocenters. The third-order valence-corrected chi connectivity index (χ3v) is 4.25. The van der Waals surface area contributed by atoms with Crippen LogP contribution in [0.15, 0.2) is 51.5 Å². The molecule has 0 saturated heterocycles. The lowest BCUT2D eigenvalue weighted by Gasteiger charge is -2.08. The van der Waals surface area contributed by atoms with Gasteiger partial charge in [-0.2, -0.15) is 4.98 Å². The Kier molecular flexibility index (Phi) is 5.68. The monoisotopic (exact) mass is 415 g/mol. The minimum Gasteiger partial charge on any atom is -0.483 e. The summed E-state index contributed by atoms with van der Waals surface area (Å²) in [6, 6.07) is 13.5. The zero-order chi connectivity index (χ0) is 18.5. The van der Waals surface area contributed by atoms with Gasteiger partial charge in [-0.1, -0.05) is 35.0 Å². The molecule has 1 N–H and O–H groups in total. The van der Waals surface area contributed by atoms with E-state index in [9.17, 15) is 4.79 Å². The van der Waals surface area contributed by atoms with Crippen LogP contribution in [0.3, 0.4) is 0 Å². The predicted molar refractivity (Wildman–Crippen MR) is 101 cm³/mol. The Morgan fingerprint density at radius 2 is 2.00 bits per heavy atom. The van der Waals surface area contributed by atoms with Gasteiger partial charge in [0.05, 0.1) is 11.0 Å². The number of amides is 1. The molecule has 1 amide bonds. The summed E-state index contributed by atoms with van der Waals surface area (Å²) in [6.45, 7) is 4.03. The normalized spacial score (nSPS) is 10.6. The third-order valence-electron chi connectivity index (χ3n) is 3.63. The van der Waals surface area contributed by atoms with Crippen molar-refractivity contribution in [2.75, 3.05) is 6.61 Å². The van der Waals surface area contributed by atoms with Gasteiger partial charge < -0.3 is 14.6 Å². The minimum absolute atomic E-state index is 0.0967. The molecule has 1 aromatic heterocycles. The standard InChI is InChI=1S/C19H18BrN3O3/c1-12-4-3-5-14(8-12)19-22-18(26-23-19)10-21-17(24)11-25-16-7-6-13(2)9-15(16)20/h3-9H,10-11H2,1-2H3,(H,21,24). The van der Waals surface area contributed by atoms with Gasteiger partial charge in [0.1, 0.15) is 5.75 Å². The molecule has 3 aromatic rings. The van der Waals surface area contributed by atoms with E-state index >= 15 is 0 Å². The number of aromatic nitrogens is 2. The lowest BCUT2D eigenvalue weighted by atomic mass is 10.1. The Hall–Kier alpha value is -2.67. The number of carbonyl (C=O) groups excluding carboxylic acids is 1. The number of nitrogens with one attached hydrogen (secondary N) is 1. The number of halogens is 1. The van der Waals surface area contributed by atoms with Crippen molar-refractivity contribution in [3.05, 3.63) is 64.0 Å². The molecule has 0 aliphatic rings. The molecular weight excluding hydrogens is 398 g/mol. The first kappa shape index (κ1) is 18.1. The van der Waals surface area contributed by atoms with Crippen molar-refractivity contribution in [2.45, 2.75) is 20.4 Å². The summed E-state index contributed by atoms with van der Waals surface area (Å²) in [7, 11) is 0. The van der Waals surface area contributed by atoms with E-state index in [2.05, 4.69) is 31.4 Å². The third kappa shape index (κ3) is 4.70. The molecule has 26 heavy (non-hydrogen) atoms. The number of hydrogen-bond donors (Lipinski definition) is 1. The predicted octanol–water partition coefficient (Wildman–Crippen LogP) is 3.81. The van der Waals surface area contributed by atoms with E-state index in [0.29, 0.717) is 17.5 Å². The van der Waals surface area contributed by atoms with Crippen LogP contribution in [0.1, 0.15) is 17.0 Å². The summed E-state index contributed by atoms with van der Waals surface area (Å²) in [6.07, 6.45) is 0. The van der Waals surface area contributed by atoms with Crippen molar-refractivity contribution in [3.8, 4) is 17.1 Å². The van der Waals surface area contributed by atoms with Crippen LogP contribution in [-0.2, 0) is 11.3 Å². The second-order valence-corrected chi connectivity index (χ2v) is 6.73. The van der Waals surface area contributed by atoms with Crippen LogP contribution in [0.2, 0.25) is 0 Å². The lowest BCUT2D eigenvalue weighted by molar-refractivity contribution is -0.123. The molecule has 134 valence electrons. The first-order valence-corrected chi connectivity index (χ1v) is 8.86. The molecule has 7 heteroatoms. The number of aryl methyl sites for hydroxylation is 2. The first-order valence-electron chi connectivity index (χ1n) is 8.06. The molecule has 1 heterocycles. The smallest absolute Gasteiger partial charge is 0.258 e. The number of benzene rings is 2. The number of carbonyl (C=O) groups is 1. The van der Waals surface area contributed by atoms with Crippen LogP contribution in [0.4, 0.5) is 0 Å². The maximum absolute atomic E-state index is 11.9. The Labute approximate surface area is 159 Å².